The van der Waals surface area contributed by atoms with E-state index >= 15 is 0 Å². The highest BCUT2D eigenvalue weighted by Gasteiger charge is 2.36. The first kappa shape index (κ1) is 22.0. The number of ether oxygens (including phenoxy) is 2. The van der Waals surface area contributed by atoms with Gasteiger partial charge in [0.25, 0.3) is 0 Å². The van der Waals surface area contributed by atoms with Crippen LogP contribution in [0.1, 0.15) is 70.7 Å². The molecule has 2 aromatic carbocycles. The number of aromatic carboxylic acids is 1. The summed E-state index contributed by atoms with van der Waals surface area (Å²) in [6.45, 7) is 10.00. The second-order valence-electron chi connectivity index (χ2n) is 7.39. The number of carbonyl (C=O) groups is 2. The molecule has 0 aromatic heterocycles. The Balaban J connectivity index is 2.51. The molecule has 0 spiro atoms. The average Bonchev–Trinajstić information content (AvgIpc) is 2.88. The molecule has 0 unspecified atom stereocenters. The van der Waals surface area contributed by atoms with E-state index in [4.69, 9.17) is 9.47 Å². The van der Waals surface area contributed by atoms with Crippen LogP contribution < -0.4 is 9.47 Å². The van der Waals surface area contributed by atoms with Crippen molar-refractivity contribution < 1.29 is 34.4 Å². The molecule has 0 saturated carbocycles. The Labute approximate surface area is 179 Å². The number of phenols is 2. The molecule has 31 heavy (non-hydrogen) atoms. The molecule has 0 atom stereocenters. The number of aromatic hydroxyl groups is 2. The molecule has 0 aliphatic carbocycles. The highest BCUT2D eigenvalue weighted by Crippen LogP contribution is 2.52. The van der Waals surface area contributed by atoms with Crippen LogP contribution in [0.3, 0.4) is 0 Å². The van der Waals surface area contributed by atoms with Crippen LogP contribution in [0, 0.1) is 13.8 Å². The van der Waals surface area contributed by atoms with Gasteiger partial charge in [0, 0.05) is 16.7 Å². The molecule has 0 bridgehead atoms. The van der Waals surface area contributed by atoms with E-state index < -0.39 is 17.7 Å². The minimum atomic E-state index is -1.35. The number of esters is 1. The quantitative estimate of drug-likeness (QED) is 0.435. The molecule has 7 nitrogen and oxygen atoms in total. The molecule has 3 rings (SSSR count). The summed E-state index contributed by atoms with van der Waals surface area (Å²) in [7, 11) is 0. The van der Waals surface area contributed by atoms with Crippen molar-refractivity contribution in [1.82, 2.24) is 0 Å². The normalized spacial score (nSPS) is 13.7. The zero-order chi connectivity index (χ0) is 23.2. The fourth-order valence-electron chi connectivity index (χ4n) is 3.55. The van der Waals surface area contributed by atoms with Crippen molar-refractivity contribution in [3.63, 3.8) is 0 Å². The summed E-state index contributed by atoms with van der Waals surface area (Å²) >= 11 is 0. The van der Waals surface area contributed by atoms with Crippen LogP contribution >= 0.6 is 0 Å². The molecular formula is C24H24O7. The summed E-state index contributed by atoms with van der Waals surface area (Å²) in [5.41, 5.74) is 1.88. The number of carboxylic acids is 1. The first-order valence-electron chi connectivity index (χ1n) is 9.70. The van der Waals surface area contributed by atoms with Crippen molar-refractivity contribution in [2.75, 3.05) is 0 Å². The zero-order valence-electron chi connectivity index (χ0n) is 18.2. The van der Waals surface area contributed by atoms with Crippen LogP contribution in [0.5, 0.6) is 28.7 Å². The van der Waals surface area contributed by atoms with Crippen LogP contribution in [-0.2, 0) is 0 Å². The van der Waals surface area contributed by atoms with E-state index in [9.17, 15) is 24.9 Å². The minimum absolute atomic E-state index is 0.00631. The molecule has 0 amide bonds. The summed E-state index contributed by atoms with van der Waals surface area (Å²) in [6.07, 6.45) is 3.45. The van der Waals surface area contributed by atoms with Crippen molar-refractivity contribution in [2.24, 2.45) is 0 Å². The summed E-state index contributed by atoms with van der Waals surface area (Å²) in [5.74, 6) is -2.67. The van der Waals surface area contributed by atoms with E-state index in [0.29, 0.717) is 22.3 Å². The van der Waals surface area contributed by atoms with Crippen molar-refractivity contribution in [3.8, 4) is 28.7 Å². The number of carboxylic acid groups (broad SMARTS) is 1. The topological polar surface area (TPSA) is 113 Å². The van der Waals surface area contributed by atoms with E-state index in [1.165, 1.54) is 13.0 Å². The van der Waals surface area contributed by atoms with Crippen LogP contribution in [-0.4, -0.2) is 27.3 Å². The first-order valence-corrected chi connectivity index (χ1v) is 9.70. The molecule has 1 heterocycles. The van der Waals surface area contributed by atoms with Gasteiger partial charge in [-0.1, -0.05) is 12.2 Å². The number of allylic oxidation sites excluding steroid dienone is 4. The van der Waals surface area contributed by atoms with Crippen LogP contribution in [0.25, 0.3) is 11.1 Å². The summed E-state index contributed by atoms with van der Waals surface area (Å²) in [5, 5.41) is 30.9. The fraction of sp³-hybridized carbons (Fsp3) is 0.250. The second-order valence-corrected chi connectivity index (χ2v) is 7.39. The molecule has 1 aliphatic heterocycles. The number of hydrogen-bond acceptors (Lipinski definition) is 6. The second kappa shape index (κ2) is 7.83. The summed E-state index contributed by atoms with van der Waals surface area (Å²) < 4.78 is 11.8. The van der Waals surface area contributed by atoms with Crippen molar-refractivity contribution in [1.29, 1.82) is 0 Å². The van der Waals surface area contributed by atoms with Crippen LogP contribution in [0.15, 0.2) is 18.2 Å². The van der Waals surface area contributed by atoms with Crippen LogP contribution in [0.2, 0.25) is 0 Å². The van der Waals surface area contributed by atoms with Gasteiger partial charge >= 0.3 is 11.9 Å². The molecule has 0 radical (unpaired) electrons. The van der Waals surface area contributed by atoms with Gasteiger partial charge in [-0.2, -0.15) is 0 Å². The van der Waals surface area contributed by atoms with Crippen molar-refractivity contribution in [2.45, 2.75) is 41.5 Å². The predicted octanol–water partition coefficient (Wildman–Crippen LogP) is 5.58. The number of benzene rings is 2. The Morgan fingerprint density at radius 3 is 2.06 bits per heavy atom. The lowest BCUT2D eigenvalue weighted by atomic mass is 9.94. The van der Waals surface area contributed by atoms with Crippen LogP contribution in [0.4, 0.5) is 0 Å². The predicted molar refractivity (Wildman–Crippen MR) is 116 cm³/mol. The highest BCUT2D eigenvalue weighted by atomic mass is 16.6. The Bertz CT molecular complexity index is 1200. The average molecular weight is 424 g/mol. The first-order chi connectivity index (χ1) is 14.5. The SMILES string of the molecule is C/C=C(/C)c1cc(O)c(C)c2c1C(=O)Oc1c(C)c(O)c(C(=O)O)c(/C(C)=C\C)c1O2. The van der Waals surface area contributed by atoms with Gasteiger partial charge in [-0.15, -0.1) is 0 Å². The molecule has 2 aromatic rings. The molecule has 7 heteroatoms. The summed E-state index contributed by atoms with van der Waals surface area (Å²) in [6, 6.07) is 1.47. The number of phenolic OH excluding ortho intramolecular Hbond substituents is 1. The Hall–Kier alpha value is -3.74. The van der Waals surface area contributed by atoms with Crippen molar-refractivity contribution in [3.05, 3.63) is 51.6 Å². The van der Waals surface area contributed by atoms with Gasteiger partial charge in [0.15, 0.2) is 11.5 Å². The third-order valence-corrected chi connectivity index (χ3v) is 5.62. The molecule has 162 valence electrons. The largest absolute Gasteiger partial charge is 0.508 e. The van der Waals surface area contributed by atoms with Gasteiger partial charge in [-0.05, 0) is 64.3 Å². The maximum absolute atomic E-state index is 13.2. The van der Waals surface area contributed by atoms with Gasteiger partial charge in [0.05, 0.1) is 0 Å². The smallest absolute Gasteiger partial charge is 0.348 e. The number of rotatable bonds is 3. The Morgan fingerprint density at radius 2 is 1.52 bits per heavy atom. The standard InChI is InChI=1S/C24H24O7/c1-7-10(3)14-9-15(25)12(5)20-17(14)24(29)31-21-13(6)19(26)18(23(27)28)16(11(4)8-2)22(21)30-20/h7-9,25-26H,1-6H3,(H,27,28)/b10-7-,11-8-. The number of carbonyl (C=O) groups excluding carboxylic acids is 1. The van der Waals surface area contributed by atoms with Gasteiger partial charge in [0.1, 0.15) is 28.4 Å². The number of fused-ring (bicyclic) bond motifs is 2. The van der Waals surface area contributed by atoms with Gasteiger partial charge in [-0.25, -0.2) is 9.59 Å². The molecule has 3 N–H and O–H groups in total. The van der Waals surface area contributed by atoms with E-state index in [0.717, 1.165) is 0 Å². The summed E-state index contributed by atoms with van der Waals surface area (Å²) in [4.78, 5) is 25.2. The van der Waals surface area contributed by atoms with E-state index in [1.54, 1.807) is 46.8 Å². The fourth-order valence-corrected chi connectivity index (χ4v) is 3.55. The number of hydrogen-bond donors (Lipinski definition) is 3. The molecule has 0 fully saturated rings. The molecule has 1 aliphatic rings. The van der Waals surface area contributed by atoms with E-state index in [2.05, 4.69) is 0 Å². The third kappa shape index (κ3) is 3.32. The third-order valence-electron chi connectivity index (χ3n) is 5.62. The highest BCUT2D eigenvalue weighted by molar-refractivity contribution is 6.04. The minimum Gasteiger partial charge on any atom is -0.508 e. The molecular weight excluding hydrogens is 400 g/mol. The van der Waals surface area contributed by atoms with E-state index in [1.807, 2.05) is 0 Å². The Kier molecular flexibility index (Phi) is 5.55. The van der Waals surface area contributed by atoms with Gasteiger partial charge in [0.2, 0.25) is 0 Å². The lowest BCUT2D eigenvalue weighted by Crippen LogP contribution is -2.12. The zero-order valence-corrected chi connectivity index (χ0v) is 18.2. The molecule has 0 saturated heterocycles. The lowest BCUT2D eigenvalue weighted by Gasteiger charge is -2.20. The maximum Gasteiger partial charge on any atom is 0.348 e. The Morgan fingerprint density at radius 1 is 0.903 bits per heavy atom. The lowest BCUT2D eigenvalue weighted by molar-refractivity contribution is 0.0692. The van der Waals surface area contributed by atoms with E-state index in [-0.39, 0.29) is 45.3 Å². The maximum atomic E-state index is 13.2. The van der Waals surface area contributed by atoms with Gasteiger partial charge in [-0.3, -0.25) is 0 Å². The monoisotopic (exact) mass is 424 g/mol. The van der Waals surface area contributed by atoms with Gasteiger partial charge < -0.3 is 24.8 Å². The van der Waals surface area contributed by atoms with Crippen molar-refractivity contribution >= 4 is 23.1 Å².